The van der Waals surface area contributed by atoms with Gasteiger partial charge in [0, 0.05) is 36.3 Å². The van der Waals surface area contributed by atoms with Crippen LogP contribution in [0.2, 0.25) is 0 Å². The van der Waals surface area contributed by atoms with Crippen molar-refractivity contribution in [2.75, 3.05) is 18.4 Å². The fourth-order valence-electron chi connectivity index (χ4n) is 2.36. The molecule has 2 amide bonds. The Labute approximate surface area is 127 Å². The number of anilines is 1. The summed E-state index contributed by atoms with van der Waals surface area (Å²) in [6.07, 6.45) is 0.864. The van der Waals surface area contributed by atoms with Gasteiger partial charge in [0.15, 0.2) is 5.82 Å². The first kappa shape index (κ1) is 14.3. The third-order valence-electron chi connectivity index (χ3n) is 3.51. The van der Waals surface area contributed by atoms with Crippen LogP contribution >= 0.6 is 0 Å². The molecule has 0 saturated carbocycles. The predicted octanol–water partition coefficient (Wildman–Crippen LogP) is 0.424. The molecule has 22 heavy (non-hydrogen) atoms. The van der Waals surface area contributed by atoms with Crippen molar-refractivity contribution in [3.05, 3.63) is 47.2 Å². The van der Waals surface area contributed by atoms with E-state index in [4.69, 9.17) is 0 Å². The zero-order valence-electron chi connectivity index (χ0n) is 12.0. The quantitative estimate of drug-likeness (QED) is 0.657. The molecule has 1 aliphatic rings. The van der Waals surface area contributed by atoms with Crippen molar-refractivity contribution < 1.29 is 9.59 Å². The smallest absolute Gasteiger partial charge is 0.251 e. The van der Waals surface area contributed by atoms with Crippen molar-refractivity contribution in [3.8, 4) is 0 Å². The van der Waals surface area contributed by atoms with E-state index < -0.39 is 0 Å². The molecule has 0 aliphatic carbocycles. The van der Waals surface area contributed by atoms with Crippen LogP contribution in [0.25, 0.3) is 0 Å². The van der Waals surface area contributed by atoms with Crippen LogP contribution in [0.3, 0.4) is 0 Å². The Morgan fingerprint density at radius 3 is 2.86 bits per heavy atom. The van der Waals surface area contributed by atoms with E-state index in [-0.39, 0.29) is 18.4 Å². The third-order valence-corrected chi connectivity index (χ3v) is 3.51. The minimum absolute atomic E-state index is 0.0945. The van der Waals surface area contributed by atoms with Gasteiger partial charge in [0.1, 0.15) is 0 Å². The predicted molar refractivity (Wildman–Crippen MR) is 81.4 cm³/mol. The van der Waals surface area contributed by atoms with Crippen LogP contribution in [0.4, 0.5) is 5.82 Å². The van der Waals surface area contributed by atoms with Crippen molar-refractivity contribution in [1.82, 2.24) is 20.8 Å². The van der Waals surface area contributed by atoms with Crippen LogP contribution in [0.15, 0.2) is 30.3 Å². The fourth-order valence-corrected chi connectivity index (χ4v) is 2.36. The number of nitrogens with one attached hydrogen (secondary N) is 4. The summed E-state index contributed by atoms with van der Waals surface area (Å²) in [4.78, 5) is 23.8. The van der Waals surface area contributed by atoms with Crippen molar-refractivity contribution in [2.45, 2.75) is 13.0 Å². The molecule has 3 rings (SSSR count). The number of benzene rings is 1. The topological polar surface area (TPSA) is 98.9 Å². The molecule has 1 aromatic carbocycles. The third kappa shape index (κ3) is 3.15. The Hall–Kier alpha value is -2.67. The molecule has 1 aliphatic heterocycles. The molecule has 2 aromatic rings. The maximum absolute atomic E-state index is 11.9. The lowest BCUT2D eigenvalue weighted by atomic mass is 10.1. The zero-order chi connectivity index (χ0) is 15.4. The monoisotopic (exact) mass is 299 g/mol. The first-order valence-electron chi connectivity index (χ1n) is 7.14. The number of nitrogens with zero attached hydrogens (tertiary/aromatic N) is 1. The van der Waals surface area contributed by atoms with E-state index in [0.717, 1.165) is 24.2 Å². The molecule has 7 heteroatoms. The molecule has 7 nitrogen and oxygen atoms in total. The molecular formula is C15H17N5O2. The standard InChI is InChI=1S/C15H17N5O2/c21-13(9-17-15(22)10-4-2-1-3-5-10)18-14-11-8-16-7-6-12(11)19-20-14/h1-5,16H,6-9H2,(H,17,22)(H2,18,19,20,21). The minimum atomic E-state index is -0.302. The molecular weight excluding hydrogens is 282 g/mol. The summed E-state index contributed by atoms with van der Waals surface area (Å²) >= 11 is 0. The SMILES string of the molecule is O=C(CNC(=O)c1ccccc1)Nc1n[nH]c2c1CNCC2. The summed E-state index contributed by atoms with van der Waals surface area (Å²) in [5, 5.41) is 15.6. The van der Waals surface area contributed by atoms with Crippen LogP contribution in [-0.2, 0) is 17.8 Å². The number of aromatic nitrogens is 2. The highest BCUT2D eigenvalue weighted by atomic mass is 16.2. The van der Waals surface area contributed by atoms with Crippen LogP contribution in [0.5, 0.6) is 0 Å². The molecule has 0 atom stereocenters. The van der Waals surface area contributed by atoms with E-state index in [1.54, 1.807) is 24.3 Å². The molecule has 0 unspecified atom stereocenters. The Bertz CT molecular complexity index is 680. The molecule has 0 radical (unpaired) electrons. The molecule has 0 fully saturated rings. The van der Waals surface area contributed by atoms with E-state index in [2.05, 4.69) is 26.1 Å². The van der Waals surface area contributed by atoms with Gasteiger partial charge in [-0.3, -0.25) is 14.7 Å². The number of fused-ring (bicyclic) bond motifs is 1. The second-order valence-electron chi connectivity index (χ2n) is 5.05. The summed E-state index contributed by atoms with van der Waals surface area (Å²) in [7, 11) is 0. The van der Waals surface area contributed by atoms with Crippen LogP contribution < -0.4 is 16.0 Å². The molecule has 4 N–H and O–H groups in total. The highest BCUT2D eigenvalue weighted by Crippen LogP contribution is 2.19. The number of rotatable bonds is 4. The van der Waals surface area contributed by atoms with E-state index in [0.29, 0.717) is 17.9 Å². The van der Waals surface area contributed by atoms with Crippen molar-refractivity contribution in [2.24, 2.45) is 0 Å². The number of H-pyrrole nitrogens is 1. The summed E-state index contributed by atoms with van der Waals surface area (Å²) in [6, 6.07) is 8.78. The van der Waals surface area contributed by atoms with Crippen LogP contribution in [-0.4, -0.2) is 35.1 Å². The number of carbonyl (C=O) groups is 2. The summed E-state index contributed by atoms with van der Waals surface area (Å²) in [5.41, 5.74) is 2.55. The van der Waals surface area contributed by atoms with E-state index >= 15 is 0 Å². The number of hydrogen-bond donors (Lipinski definition) is 4. The lowest BCUT2D eigenvalue weighted by Crippen LogP contribution is -2.33. The Kier molecular flexibility index (Phi) is 4.15. The van der Waals surface area contributed by atoms with E-state index in [9.17, 15) is 9.59 Å². The Morgan fingerprint density at radius 2 is 2.05 bits per heavy atom. The van der Waals surface area contributed by atoms with Crippen LogP contribution in [0.1, 0.15) is 21.6 Å². The lowest BCUT2D eigenvalue weighted by Gasteiger charge is -2.13. The van der Waals surface area contributed by atoms with Crippen molar-refractivity contribution in [1.29, 1.82) is 0 Å². The van der Waals surface area contributed by atoms with Gasteiger partial charge in [0.2, 0.25) is 5.91 Å². The van der Waals surface area contributed by atoms with Gasteiger partial charge in [-0.1, -0.05) is 18.2 Å². The van der Waals surface area contributed by atoms with Gasteiger partial charge in [0.05, 0.1) is 6.54 Å². The van der Waals surface area contributed by atoms with Gasteiger partial charge in [-0.2, -0.15) is 5.10 Å². The van der Waals surface area contributed by atoms with Gasteiger partial charge < -0.3 is 16.0 Å². The number of hydrogen-bond acceptors (Lipinski definition) is 4. The van der Waals surface area contributed by atoms with Gasteiger partial charge in [-0.05, 0) is 12.1 Å². The molecule has 0 saturated heterocycles. The van der Waals surface area contributed by atoms with Gasteiger partial charge in [0.25, 0.3) is 5.91 Å². The van der Waals surface area contributed by atoms with Gasteiger partial charge in [-0.15, -0.1) is 0 Å². The summed E-state index contributed by atoms with van der Waals surface area (Å²) in [5.74, 6) is -0.0493. The Balaban J connectivity index is 1.55. The highest BCUT2D eigenvalue weighted by Gasteiger charge is 2.18. The normalized spacial score (nSPS) is 13.3. The fraction of sp³-hybridized carbons (Fsp3) is 0.267. The minimum Gasteiger partial charge on any atom is -0.343 e. The second kappa shape index (κ2) is 6.40. The van der Waals surface area contributed by atoms with Gasteiger partial charge >= 0.3 is 0 Å². The average Bonchev–Trinajstić information content (AvgIpc) is 2.97. The maximum Gasteiger partial charge on any atom is 0.251 e. The molecule has 0 bridgehead atoms. The number of aromatic amines is 1. The van der Waals surface area contributed by atoms with E-state index in [1.807, 2.05) is 6.07 Å². The maximum atomic E-state index is 11.9. The van der Waals surface area contributed by atoms with E-state index in [1.165, 1.54) is 0 Å². The lowest BCUT2D eigenvalue weighted by molar-refractivity contribution is -0.115. The highest BCUT2D eigenvalue weighted by molar-refractivity contribution is 5.99. The molecule has 0 spiro atoms. The molecule has 1 aromatic heterocycles. The molecule has 114 valence electrons. The number of carbonyl (C=O) groups excluding carboxylic acids is 2. The number of amides is 2. The Morgan fingerprint density at radius 1 is 1.23 bits per heavy atom. The van der Waals surface area contributed by atoms with Crippen molar-refractivity contribution in [3.63, 3.8) is 0 Å². The first-order valence-corrected chi connectivity index (χ1v) is 7.14. The summed E-state index contributed by atoms with van der Waals surface area (Å²) in [6.45, 7) is 1.48. The second-order valence-corrected chi connectivity index (χ2v) is 5.05. The van der Waals surface area contributed by atoms with Gasteiger partial charge in [-0.25, -0.2) is 0 Å². The average molecular weight is 299 g/mol. The molecule has 2 heterocycles. The zero-order valence-corrected chi connectivity index (χ0v) is 12.0. The first-order chi connectivity index (χ1) is 10.7. The van der Waals surface area contributed by atoms with Crippen LogP contribution in [0, 0.1) is 0 Å². The summed E-state index contributed by atoms with van der Waals surface area (Å²) < 4.78 is 0. The largest absolute Gasteiger partial charge is 0.343 e. The van der Waals surface area contributed by atoms with Crippen molar-refractivity contribution >= 4 is 17.6 Å².